The summed E-state index contributed by atoms with van der Waals surface area (Å²) >= 11 is 0. The third-order valence-electron chi connectivity index (χ3n) is 3.56. The van der Waals surface area contributed by atoms with E-state index in [9.17, 15) is 4.39 Å². The lowest BCUT2D eigenvalue weighted by molar-refractivity contribution is 0.371. The Morgan fingerprint density at radius 2 is 1.94 bits per heavy atom. The Labute approximate surface area is 97.1 Å². The molecule has 1 aromatic rings. The van der Waals surface area contributed by atoms with Crippen LogP contribution in [-0.4, -0.2) is 13.1 Å². The summed E-state index contributed by atoms with van der Waals surface area (Å²) in [5.41, 5.74) is 3.07. The number of hydrogen-bond donors (Lipinski definition) is 1. The molecule has 0 bridgehead atoms. The summed E-state index contributed by atoms with van der Waals surface area (Å²) in [5.74, 6) is 0.671. The van der Waals surface area contributed by atoms with Crippen molar-refractivity contribution in [2.24, 2.45) is 5.92 Å². The number of piperidine rings is 1. The van der Waals surface area contributed by atoms with Crippen LogP contribution in [0.15, 0.2) is 12.1 Å². The molecule has 0 spiro atoms. The summed E-state index contributed by atoms with van der Waals surface area (Å²) in [5, 5.41) is 3.36. The highest BCUT2D eigenvalue weighted by Gasteiger charge is 2.15. The lowest BCUT2D eigenvalue weighted by Crippen LogP contribution is -2.28. The molecular weight excluding hydrogens is 201 g/mol. The molecule has 1 aliphatic heterocycles. The number of benzene rings is 1. The monoisotopic (exact) mass is 221 g/mol. The maximum absolute atomic E-state index is 13.6. The van der Waals surface area contributed by atoms with E-state index in [-0.39, 0.29) is 5.82 Å². The quantitative estimate of drug-likeness (QED) is 0.809. The maximum Gasteiger partial charge on any atom is 0.126 e. The van der Waals surface area contributed by atoms with Gasteiger partial charge < -0.3 is 5.32 Å². The van der Waals surface area contributed by atoms with Gasteiger partial charge in [-0.3, -0.25) is 0 Å². The third kappa shape index (κ3) is 2.62. The zero-order valence-corrected chi connectivity index (χ0v) is 10.1. The molecule has 0 aromatic heterocycles. The standard InChI is InChI=1S/C14H20FN/c1-10-7-13(11(2)14(15)8-10)9-12-3-5-16-6-4-12/h7-8,12,16H,3-6,9H2,1-2H3. The van der Waals surface area contributed by atoms with E-state index in [1.54, 1.807) is 6.07 Å². The minimum atomic E-state index is -0.0519. The van der Waals surface area contributed by atoms with E-state index in [2.05, 4.69) is 11.4 Å². The molecule has 1 nitrogen and oxygen atoms in total. The van der Waals surface area contributed by atoms with Crippen LogP contribution in [0.3, 0.4) is 0 Å². The first-order valence-electron chi connectivity index (χ1n) is 6.13. The Bertz CT molecular complexity index is 367. The van der Waals surface area contributed by atoms with E-state index in [0.717, 1.165) is 36.6 Å². The fraction of sp³-hybridized carbons (Fsp3) is 0.571. The van der Waals surface area contributed by atoms with E-state index in [1.165, 1.54) is 18.4 Å². The zero-order chi connectivity index (χ0) is 11.5. The van der Waals surface area contributed by atoms with Crippen LogP contribution in [0.25, 0.3) is 0 Å². The number of hydrogen-bond acceptors (Lipinski definition) is 1. The third-order valence-corrected chi connectivity index (χ3v) is 3.56. The lowest BCUT2D eigenvalue weighted by Gasteiger charge is -2.23. The van der Waals surface area contributed by atoms with Gasteiger partial charge in [-0.15, -0.1) is 0 Å². The van der Waals surface area contributed by atoms with E-state index >= 15 is 0 Å². The highest BCUT2D eigenvalue weighted by atomic mass is 19.1. The van der Waals surface area contributed by atoms with E-state index < -0.39 is 0 Å². The Morgan fingerprint density at radius 1 is 1.25 bits per heavy atom. The van der Waals surface area contributed by atoms with Gasteiger partial charge in [0.25, 0.3) is 0 Å². The Morgan fingerprint density at radius 3 is 2.62 bits per heavy atom. The molecule has 2 heteroatoms. The zero-order valence-electron chi connectivity index (χ0n) is 10.1. The fourth-order valence-corrected chi connectivity index (χ4v) is 2.50. The predicted octanol–water partition coefficient (Wildman–Crippen LogP) is 2.98. The van der Waals surface area contributed by atoms with Crippen LogP contribution in [-0.2, 0) is 6.42 Å². The van der Waals surface area contributed by atoms with E-state index in [4.69, 9.17) is 0 Å². The first-order valence-corrected chi connectivity index (χ1v) is 6.13. The van der Waals surface area contributed by atoms with Crippen LogP contribution in [0.1, 0.15) is 29.5 Å². The van der Waals surface area contributed by atoms with Gasteiger partial charge in [-0.1, -0.05) is 6.07 Å². The second-order valence-corrected chi connectivity index (χ2v) is 4.93. The van der Waals surface area contributed by atoms with Gasteiger partial charge in [0.2, 0.25) is 0 Å². The van der Waals surface area contributed by atoms with Crippen LogP contribution >= 0.6 is 0 Å². The van der Waals surface area contributed by atoms with E-state index in [0.29, 0.717) is 0 Å². The average Bonchev–Trinajstić information content (AvgIpc) is 2.27. The summed E-state index contributed by atoms with van der Waals surface area (Å²) in [4.78, 5) is 0. The van der Waals surface area contributed by atoms with Crippen molar-refractivity contribution in [3.05, 3.63) is 34.6 Å². The molecule has 2 rings (SSSR count). The van der Waals surface area contributed by atoms with Crippen molar-refractivity contribution in [3.8, 4) is 0 Å². The molecule has 88 valence electrons. The molecule has 0 amide bonds. The number of aryl methyl sites for hydroxylation is 1. The molecular formula is C14H20FN. The van der Waals surface area contributed by atoms with Gasteiger partial charge in [0.15, 0.2) is 0 Å². The smallest absolute Gasteiger partial charge is 0.126 e. The normalized spacial score (nSPS) is 17.7. The largest absolute Gasteiger partial charge is 0.317 e. The summed E-state index contributed by atoms with van der Waals surface area (Å²) in [6.07, 6.45) is 3.47. The van der Waals surface area contributed by atoms with Crippen LogP contribution in [0.2, 0.25) is 0 Å². The lowest BCUT2D eigenvalue weighted by atomic mass is 9.88. The van der Waals surface area contributed by atoms with Gasteiger partial charge >= 0.3 is 0 Å². The van der Waals surface area contributed by atoms with Gasteiger partial charge in [0.1, 0.15) is 5.82 Å². The molecule has 1 N–H and O–H groups in total. The van der Waals surface area contributed by atoms with Crippen LogP contribution in [0.4, 0.5) is 4.39 Å². The topological polar surface area (TPSA) is 12.0 Å². The van der Waals surface area contributed by atoms with Gasteiger partial charge in [0.05, 0.1) is 0 Å². The molecule has 0 radical (unpaired) electrons. The number of halogens is 1. The average molecular weight is 221 g/mol. The van der Waals surface area contributed by atoms with Crippen LogP contribution in [0, 0.1) is 25.6 Å². The molecule has 0 aliphatic carbocycles. The highest BCUT2D eigenvalue weighted by Crippen LogP contribution is 2.22. The molecule has 1 fully saturated rings. The van der Waals surface area contributed by atoms with E-state index in [1.807, 2.05) is 13.8 Å². The van der Waals surface area contributed by atoms with Crippen molar-refractivity contribution in [1.82, 2.24) is 5.32 Å². The summed E-state index contributed by atoms with van der Waals surface area (Å²) in [6, 6.07) is 3.77. The fourth-order valence-electron chi connectivity index (χ4n) is 2.50. The van der Waals surface area contributed by atoms with Gasteiger partial charge in [-0.2, -0.15) is 0 Å². The van der Waals surface area contributed by atoms with Gasteiger partial charge in [0, 0.05) is 0 Å². The molecule has 1 heterocycles. The van der Waals surface area contributed by atoms with Crippen LogP contribution < -0.4 is 5.32 Å². The van der Waals surface area contributed by atoms with Crippen molar-refractivity contribution in [1.29, 1.82) is 0 Å². The van der Waals surface area contributed by atoms with Crippen molar-refractivity contribution >= 4 is 0 Å². The minimum absolute atomic E-state index is 0.0519. The summed E-state index contributed by atoms with van der Waals surface area (Å²) in [6.45, 7) is 6.08. The SMILES string of the molecule is Cc1cc(F)c(C)c(CC2CCNCC2)c1. The Kier molecular flexibility index (Phi) is 3.59. The maximum atomic E-state index is 13.6. The number of rotatable bonds is 2. The summed E-state index contributed by atoms with van der Waals surface area (Å²) < 4.78 is 13.6. The molecule has 16 heavy (non-hydrogen) atoms. The second kappa shape index (κ2) is 4.96. The number of nitrogens with one attached hydrogen (secondary N) is 1. The Balaban J connectivity index is 2.13. The predicted molar refractivity (Wildman–Crippen MR) is 65.2 cm³/mol. The van der Waals surface area contributed by atoms with Crippen LogP contribution in [0.5, 0.6) is 0 Å². The van der Waals surface area contributed by atoms with Crippen molar-refractivity contribution < 1.29 is 4.39 Å². The van der Waals surface area contributed by atoms with Crippen molar-refractivity contribution in [3.63, 3.8) is 0 Å². The van der Waals surface area contributed by atoms with Crippen molar-refractivity contribution in [2.45, 2.75) is 33.1 Å². The summed E-state index contributed by atoms with van der Waals surface area (Å²) in [7, 11) is 0. The van der Waals surface area contributed by atoms with Crippen molar-refractivity contribution in [2.75, 3.05) is 13.1 Å². The molecule has 1 saturated heterocycles. The van der Waals surface area contributed by atoms with Gasteiger partial charge in [-0.25, -0.2) is 4.39 Å². The molecule has 1 aliphatic rings. The first kappa shape index (κ1) is 11.6. The minimum Gasteiger partial charge on any atom is -0.317 e. The highest BCUT2D eigenvalue weighted by molar-refractivity contribution is 5.32. The second-order valence-electron chi connectivity index (χ2n) is 4.93. The molecule has 0 atom stereocenters. The first-order chi connectivity index (χ1) is 7.66. The Hall–Kier alpha value is -0.890. The molecule has 1 aromatic carbocycles. The molecule has 0 unspecified atom stereocenters. The van der Waals surface area contributed by atoms with Gasteiger partial charge in [-0.05, 0) is 74.9 Å². The molecule has 0 saturated carbocycles.